The van der Waals surface area contributed by atoms with E-state index >= 15 is 0 Å². The molecule has 0 aliphatic carbocycles. The zero-order valence-electron chi connectivity index (χ0n) is 33.3. The number of aromatic nitrogens is 1. The van der Waals surface area contributed by atoms with E-state index in [9.17, 15) is 0 Å². The van der Waals surface area contributed by atoms with Crippen LogP contribution in [0, 0.1) is 59.2 Å². The Labute approximate surface area is 361 Å². The Morgan fingerprint density at radius 2 is 1.10 bits per heavy atom. The number of benzene rings is 6. The van der Waals surface area contributed by atoms with E-state index in [4.69, 9.17) is 14.3 Å². The first kappa shape index (κ1) is 43.9. The maximum atomic E-state index is 7.50. The van der Waals surface area contributed by atoms with Crippen molar-refractivity contribution < 1.29 is 29.4 Å². The molecule has 2 heterocycles. The molecule has 288 valence electrons. The van der Waals surface area contributed by atoms with E-state index in [-0.39, 0.29) is 20.1 Å². The molecule has 0 saturated carbocycles. The summed E-state index contributed by atoms with van der Waals surface area (Å²) in [5.74, 6) is 0. The molecule has 0 unspecified atom stereocenters. The van der Waals surface area contributed by atoms with Gasteiger partial charge in [-0.1, -0.05) is 95.1 Å². The van der Waals surface area contributed by atoms with Crippen molar-refractivity contribution in [1.82, 2.24) is 4.98 Å². The zero-order chi connectivity index (χ0) is 40.3. The van der Waals surface area contributed by atoms with Crippen LogP contribution >= 0.6 is 11.3 Å². The molecule has 3 nitrogen and oxygen atoms in total. The van der Waals surface area contributed by atoms with E-state index in [1.807, 2.05) is 23.5 Å². The quantitative estimate of drug-likeness (QED) is 0.0941. The smallest absolute Gasteiger partial charge is 3.00 e. The van der Waals surface area contributed by atoms with Gasteiger partial charge in [0.05, 0.1) is 0 Å². The van der Waals surface area contributed by atoms with Crippen molar-refractivity contribution in [1.29, 1.82) is 0 Å². The number of rotatable bonds is 11. The molecular weight excluding hydrogens is 907 g/mol. The van der Waals surface area contributed by atoms with Gasteiger partial charge in [0, 0.05) is 26.4 Å². The second-order valence-corrected chi connectivity index (χ2v) is 15.7. The first-order valence-electron chi connectivity index (χ1n) is 19.2. The summed E-state index contributed by atoms with van der Waals surface area (Å²) in [6.45, 7) is 17.7. The SMILES string of the molecule is Cc1[c-]cc(CCc2cc(CCc3c[c-]c(C)c(C)c3)cc(CCc3cnc(-c4[c-]cccc4)cc3-c3ccc4c(c3)sc3ccccc34)c2)cc1C.[C-]#[O+].[C-]#[O+].[Ir+3]. The summed E-state index contributed by atoms with van der Waals surface area (Å²) in [4.78, 5) is 5.00. The van der Waals surface area contributed by atoms with E-state index in [0.717, 1.165) is 49.8 Å². The largest absolute Gasteiger partial charge is 3.00 e. The molecule has 58 heavy (non-hydrogen) atoms. The fourth-order valence-corrected chi connectivity index (χ4v) is 8.59. The first-order chi connectivity index (χ1) is 27.9. The molecule has 8 aromatic rings. The van der Waals surface area contributed by atoms with Gasteiger partial charge in [-0.15, -0.1) is 47.2 Å². The molecule has 6 aromatic carbocycles. The van der Waals surface area contributed by atoms with Crippen molar-refractivity contribution in [2.75, 3.05) is 0 Å². The van der Waals surface area contributed by atoms with Gasteiger partial charge < -0.3 is 4.98 Å². The second-order valence-electron chi connectivity index (χ2n) is 14.6. The summed E-state index contributed by atoms with van der Waals surface area (Å²) in [6, 6.07) is 52.8. The number of aryl methyl sites for hydroxylation is 10. The molecular formula is C53H44IrNO2S. The van der Waals surface area contributed by atoms with Crippen molar-refractivity contribution in [2.24, 2.45) is 0 Å². The van der Waals surface area contributed by atoms with Gasteiger partial charge in [0.15, 0.2) is 0 Å². The maximum absolute atomic E-state index is 7.50. The van der Waals surface area contributed by atoms with Crippen molar-refractivity contribution in [2.45, 2.75) is 66.2 Å². The summed E-state index contributed by atoms with van der Waals surface area (Å²) in [5, 5.41) is 2.65. The standard InChI is InChI=1S/C51H44NS.2CO.Ir/c1-34-14-16-38(26-36(34)3)18-20-40-28-41(21-19-39-17-15-35(2)37(4)27-39)30-42(29-40)22-23-45-33-52-49(43-10-6-5-7-11-43)32-48(45)44-24-25-47-46-12-8-9-13-50(46)53-51(47)31-44;2*1-2;/h5-10,12-13,16-17,24-33H,18-23H2,1-4H3;;;/q-3;;;+3. The number of hydrogen-bond acceptors (Lipinski definition) is 2. The Balaban J connectivity index is 0.00000124. The van der Waals surface area contributed by atoms with Crippen molar-refractivity contribution in [3.8, 4) is 22.4 Å². The van der Waals surface area contributed by atoms with Crippen LogP contribution in [0.15, 0.2) is 121 Å². The van der Waals surface area contributed by atoms with Gasteiger partial charge in [-0.05, 0) is 76.9 Å². The Kier molecular flexibility index (Phi) is 15.9. The molecule has 0 fully saturated rings. The molecule has 0 N–H and O–H groups in total. The topological polar surface area (TPSA) is 52.7 Å². The Morgan fingerprint density at radius 3 is 1.69 bits per heavy atom. The predicted molar refractivity (Wildman–Crippen MR) is 233 cm³/mol. The normalized spacial score (nSPS) is 10.6. The monoisotopic (exact) mass is 951 g/mol. The van der Waals surface area contributed by atoms with Crippen molar-refractivity contribution >= 4 is 31.5 Å². The number of thiophene rings is 1. The van der Waals surface area contributed by atoms with Crippen LogP contribution in [0.2, 0.25) is 0 Å². The summed E-state index contributed by atoms with van der Waals surface area (Å²) in [5.41, 5.74) is 17.7. The molecule has 2 aromatic heterocycles. The average molecular weight is 951 g/mol. The number of nitrogens with zero attached hydrogens (tertiary/aromatic N) is 1. The molecule has 0 saturated heterocycles. The van der Waals surface area contributed by atoms with E-state index in [0.29, 0.717) is 0 Å². The third-order valence-electron chi connectivity index (χ3n) is 10.8. The first-order valence-corrected chi connectivity index (χ1v) is 20.0. The minimum atomic E-state index is 0. The summed E-state index contributed by atoms with van der Waals surface area (Å²) < 4.78 is 17.6. The van der Waals surface area contributed by atoms with Crippen LogP contribution in [0.3, 0.4) is 0 Å². The van der Waals surface area contributed by atoms with E-state index in [1.165, 1.54) is 86.9 Å². The van der Waals surface area contributed by atoms with Crippen LogP contribution in [-0.2, 0) is 67.9 Å². The van der Waals surface area contributed by atoms with Crippen LogP contribution in [0.1, 0.15) is 55.6 Å². The fourth-order valence-electron chi connectivity index (χ4n) is 7.45. The van der Waals surface area contributed by atoms with Crippen LogP contribution < -0.4 is 0 Å². The second kappa shape index (κ2) is 21.0. The molecule has 0 aliphatic heterocycles. The van der Waals surface area contributed by atoms with Crippen LogP contribution in [0.25, 0.3) is 42.6 Å². The van der Waals surface area contributed by atoms with E-state index < -0.39 is 0 Å². The molecule has 0 spiro atoms. The number of fused-ring (bicyclic) bond motifs is 3. The molecule has 0 amide bonds. The summed E-state index contributed by atoms with van der Waals surface area (Å²) >= 11 is 1.87. The third kappa shape index (κ3) is 10.7. The van der Waals surface area contributed by atoms with Crippen LogP contribution in [0.5, 0.6) is 0 Å². The number of pyridine rings is 1. The van der Waals surface area contributed by atoms with Gasteiger partial charge in [0.2, 0.25) is 0 Å². The fraction of sp³-hybridized carbons (Fsp3) is 0.189. The predicted octanol–water partition coefficient (Wildman–Crippen LogP) is 12.7. The molecule has 0 atom stereocenters. The molecule has 5 heteroatoms. The maximum Gasteiger partial charge on any atom is 3.00 e. The summed E-state index contributed by atoms with van der Waals surface area (Å²) in [7, 11) is 0. The van der Waals surface area contributed by atoms with Gasteiger partial charge in [0.25, 0.3) is 0 Å². The van der Waals surface area contributed by atoms with Crippen molar-refractivity contribution in [3.05, 3.63) is 209 Å². The van der Waals surface area contributed by atoms with Crippen LogP contribution in [-0.4, -0.2) is 4.98 Å². The molecule has 0 bridgehead atoms. The van der Waals surface area contributed by atoms with Gasteiger partial charge in [-0.3, -0.25) is 0 Å². The molecule has 0 aliphatic rings. The Hall–Kier alpha value is -5.18. The van der Waals surface area contributed by atoms with Gasteiger partial charge in [0.1, 0.15) is 0 Å². The zero-order valence-corrected chi connectivity index (χ0v) is 36.5. The molecule has 8 rings (SSSR count). The van der Waals surface area contributed by atoms with Gasteiger partial charge in [-0.25, -0.2) is 0 Å². The summed E-state index contributed by atoms with van der Waals surface area (Å²) in [6.07, 6.45) is 8.02. The molecule has 0 radical (unpaired) electrons. The average Bonchev–Trinajstić information content (AvgIpc) is 3.63. The van der Waals surface area contributed by atoms with Gasteiger partial charge in [-0.2, -0.15) is 69.8 Å². The minimum Gasteiger partial charge on any atom is 3.00 e. The van der Waals surface area contributed by atoms with Gasteiger partial charge >= 0.3 is 42.7 Å². The number of hydrogen-bond donors (Lipinski definition) is 0. The van der Waals surface area contributed by atoms with E-state index in [2.05, 4.69) is 169 Å². The van der Waals surface area contributed by atoms with Crippen LogP contribution in [0.4, 0.5) is 0 Å². The Bertz CT molecular complexity index is 2590. The Morgan fingerprint density at radius 1 is 0.552 bits per heavy atom. The minimum absolute atomic E-state index is 0. The van der Waals surface area contributed by atoms with Crippen molar-refractivity contribution in [3.63, 3.8) is 0 Å². The third-order valence-corrected chi connectivity index (χ3v) is 11.9. The van der Waals surface area contributed by atoms with E-state index in [1.54, 1.807) is 0 Å².